The molecule has 2 aromatic carbocycles. The maximum Gasteiger partial charge on any atom is 0.224 e. The van der Waals surface area contributed by atoms with Crippen molar-refractivity contribution in [2.45, 2.75) is 73.0 Å². The standard InChI is InChI=1S/C30H36N2O4/c1-17(2)7-11-25(24-10-8-18(3)13-19(24)4)31-28(33)15-22-9-12-26-23(14-22)16-27(35-26)30(34)29-20(5)32-36-21(29)6/h8-10,12-14,16-17,25,30,34H,7,11,15H2,1-6H3,(H,31,33). The number of aliphatic hydroxyl groups is 1. The first-order valence-electron chi connectivity index (χ1n) is 12.6. The van der Waals surface area contributed by atoms with Gasteiger partial charge in [-0.05, 0) is 81.3 Å². The van der Waals surface area contributed by atoms with Crippen LogP contribution in [-0.2, 0) is 11.2 Å². The molecule has 0 radical (unpaired) electrons. The number of fused-ring (bicyclic) bond motifs is 1. The van der Waals surface area contributed by atoms with E-state index in [1.165, 1.54) is 16.7 Å². The highest BCUT2D eigenvalue weighted by Crippen LogP contribution is 2.32. The molecule has 2 aromatic heterocycles. The molecule has 6 nitrogen and oxygen atoms in total. The van der Waals surface area contributed by atoms with Crippen LogP contribution in [0, 0.1) is 33.6 Å². The van der Waals surface area contributed by atoms with Crippen molar-refractivity contribution in [2.24, 2.45) is 5.92 Å². The molecule has 4 aromatic rings. The molecule has 0 fully saturated rings. The monoisotopic (exact) mass is 488 g/mol. The van der Waals surface area contributed by atoms with Crippen molar-refractivity contribution in [3.63, 3.8) is 0 Å². The van der Waals surface area contributed by atoms with Gasteiger partial charge in [0.05, 0.1) is 23.7 Å². The lowest BCUT2D eigenvalue weighted by atomic mass is 9.93. The molecular formula is C30H36N2O4. The van der Waals surface area contributed by atoms with Gasteiger partial charge in [0, 0.05) is 5.39 Å². The van der Waals surface area contributed by atoms with Gasteiger partial charge in [-0.3, -0.25) is 4.79 Å². The summed E-state index contributed by atoms with van der Waals surface area (Å²) >= 11 is 0. The minimum atomic E-state index is -0.963. The number of rotatable bonds is 9. The zero-order valence-corrected chi connectivity index (χ0v) is 22.0. The highest BCUT2D eigenvalue weighted by atomic mass is 16.5. The third kappa shape index (κ3) is 5.71. The Morgan fingerprint density at radius 1 is 1.03 bits per heavy atom. The molecule has 2 N–H and O–H groups in total. The molecule has 2 atom stereocenters. The average molecular weight is 489 g/mol. The summed E-state index contributed by atoms with van der Waals surface area (Å²) in [5.41, 5.74) is 6.40. The molecule has 0 saturated heterocycles. The van der Waals surface area contributed by atoms with Crippen molar-refractivity contribution in [1.29, 1.82) is 0 Å². The predicted octanol–water partition coefficient (Wildman–Crippen LogP) is 6.57. The van der Waals surface area contributed by atoms with Crippen molar-refractivity contribution in [3.8, 4) is 0 Å². The Bertz CT molecular complexity index is 1350. The number of furan rings is 1. The summed E-state index contributed by atoms with van der Waals surface area (Å²) in [4.78, 5) is 13.1. The Balaban J connectivity index is 1.51. The smallest absolute Gasteiger partial charge is 0.224 e. The number of nitrogens with zero attached hydrogens (tertiary/aromatic N) is 1. The number of carbonyl (C=O) groups is 1. The van der Waals surface area contributed by atoms with E-state index in [0.29, 0.717) is 34.3 Å². The Morgan fingerprint density at radius 3 is 2.47 bits per heavy atom. The van der Waals surface area contributed by atoms with E-state index < -0.39 is 6.10 Å². The summed E-state index contributed by atoms with van der Waals surface area (Å²) in [5, 5.41) is 18.9. The van der Waals surface area contributed by atoms with Crippen LogP contribution in [0.3, 0.4) is 0 Å². The van der Waals surface area contributed by atoms with Crippen molar-refractivity contribution in [2.75, 3.05) is 0 Å². The molecule has 1 amide bonds. The molecule has 2 unspecified atom stereocenters. The lowest BCUT2D eigenvalue weighted by Gasteiger charge is -2.22. The molecule has 190 valence electrons. The van der Waals surface area contributed by atoms with Crippen molar-refractivity contribution < 1.29 is 18.8 Å². The normalized spacial score (nSPS) is 13.3. The van der Waals surface area contributed by atoms with Crippen LogP contribution < -0.4 is 5.32 Å². The van der Waals surface area contributed by atoms with Gasteiger partial charge in [-0.1, -0.05) is 48.8 Å². The Morgan fingerprint density at radius 2 is 1.81 bits per heavy atom. The third-order valence-corrected chi connectivity index (χ3v) is 6.76. The first kappa shape index (κ1) is 25.7. The highest BCUT2D eigenvalue weighted by molar-refractivity contribution is 5.83. The van der Waals surface area contributed by atoms with E-state index in [1.807, 2.05) is 24.3 Å². The van der Waals surface area contributed by atoms with E-state index in [4.69, 9.17) is 8.94 Å². The molecule has 0 aliphatic rings. The predicted molar refractivity (Wildman–Crippen MR) is 141 cm³/mol. The SMILES string of the molecule is Cc1ccc(C(CCC(C)C)NC(=O)Cc2ccc3oc(C(O)c4c(C)noc4C)cc3c2)c(C)c1. The highest BCUT2D eigenvalue weighted by Gasteiger charge is 2.23. The second kappa shape index (κ2) is 10.7. The van der Waals surface area contributed by atoms with Crippen LogP contribution in [0.25, 0.3) is 11.0 Å². The molecular weight excluding hydrogens is 452 g/mol. The molecule has 0 bridgehead atoms. The fraction of sp³-hybridized carbons (Fsp3) is 0.400. The van der Waals surface area contributed by atoms with E-state index in [-0.39, 0.29) is 18.4 Å². The summed E-state index contributed by atoms with van der Waals surface area (Å²) < 4.78 is 11.1. The first-order valence-corrected chi connectivity index (χ1v) is 12.6. The topological polar surface area (TPSA) is 88.5 Å². The number of nitrogens with one attached hydrogen (secondary N) is 1. The zero-order chi connectivity index (χ0) is 26.0. The van der Waals surface area contributed by atoms with Crippen LogP contribution in [0.2, 0.25) is 0 Å². The number of aromatic nitrogens is 1. The maximum atomic E-state index is 13.1. The largest absolute Gasteiger partial charge is 0.458 e. The van der Waals surface area contributed by atoms with Gasteiger partial charge in [-0.15, -0.1) is 0 Å². The van der Waals surface area contributed by atoms with E-state index >= 15 is 0 Å². The summed E-state index contributed by atoms with van der Waals surface area (Å²) in [6, 6.07) is 13.9. The van der Waals surface area contributed by atoms with E-state index in [9.17, 15) is 9.90 Å². The van der Waals surface area contributed by atoms with Gasteiger partial charge in [-0.25, -0.2) is 0 Å². The molecule has 4 rings (SSSR count). The van der Waals surface area contributed by atoms with Crippen molar-refractivity contribution >= 4 is 16.9 Å². The van der Waals surface area contributed by atoms with Crippen LogP contribution in [0.5, 0.6) is 0 Å². The number of hydrogen-bond acceptors (Lipinski definition) is 5. The third-order valence-electron chi connectivity index (χ3n) is 6.76. The van der Waals surface area contributed by atoms with Gasteiger partial charge in [-0.2, -0.15) is 0 Å². The fourth-order valence-corrected chi connectivity index (χ4v) is 4.83. The number of amides is 1. The van der Waals surface area contributed by atoms with Gasteiger partial charge in [0.25, 0.3) is 0 Å². The van der Waals surface area contributed by atoms with Gasteiger partial charge in [0.2, 0.25) is 5.91 Å². The number of aryl methyl sites for hydroxylation is 4. The molecule has 0 saturated carbocycles. The number of carbonyl (C=O) groups excluding carboxylic acids is 1. The maximum absolute atomic E-state index is 13.1. The lowest BCUT2D eigenvalue weighted by molar-refractivity contribution is -0.121. The molecule has 0 aliphatic carbocycles. The molecule has 0 aliphatic heterocycles. The van der Waals surface area contributed by atoms with E-state index in [1.54, 1.807) is 13.8 Å². The fourth-order valence-electron chi connectivity index (χ4n) is 4.83. The summed E-state index contributed by atoms with van der Waals surface area (Å²) in [5.74, 6) is 1.54. The molecule has 2 heterocycles. The zero-order valence-electron chi connectivity index (χ0n) is 22.0. The molecule has 6 heteroatoms. The van der Waals surface area contributed by atoms with Gasteiger partial charge in [0.1, 0.15) is 23.2 Å². The average Bonchev–Trinajstić information content (AvgIpc) is 3.38. The quantitative estimate of drug-likeness (QED) is 0.278. The van der Waals surface area contributed by atoms with Crippen molar-refractivity contribution in [3.05, 3.63) is 87.5 Å². The van der Waals surface area contributed by atoms with Crippen LogP contribution in [-0.4, -0.2) is 16.2 Å². The summed E-state index contributed by atoms with van der Waals surface area (Å²) in [6.07, 6.45) is 1.24. The van der Waals surface area contributed by atoms with Crippen LogP contribution >= 0.6 is 0 Å². The number of aliphatic hydroxyl groups excluding tert-OH is 1. The van der Waals surface area contributed by atoms with Gasteiger partial charge in [0.15, 0.2) is 0 Å². The van der Waals surface area contributed by atoms with Crippen LogP contribution in [0.1, 0.15) is 83.9 Å². The lowest BCUT2D eigenvalue weighted by Crippen LogP contribution is -2.30. The van der Waals surface area contributed by atoms with E-state index in [0.717, 1.165) is 23.8 Å². The number of benzene rings is 2. The number of hydrogen-bond donors (Lipinski definition) is 2. The van der Waals surface area contributed by atoms with Crippen LogP contribution in [0.15, 0.2) is 51.4 Å². The van der Waals surface area contributed by atoms with Crippen LogP contribution in [0.4, 0.5) is 0 Å². The van der Waals surface area contributed by atoms with Gasteiger partial charge < -0.3 is 19.4 Å². The first-order chi connectivity index (χ1) is 17.1. The summed E-state index contributed by atoms with van der Waals surface area (Å²) in [7, 11) is 0. The molecule has 0 spiro atoms. The second-order valence-electron chi connectivity index (χ2n) is 10.3. The Labute approximate surface area is 212 Å². The molecule has 36 heavy (non-hydrogen) atoms. The Hall–Kier alpha value is -3.38. The van der Waals surface area contributed by atoms with Gasteiger partial charge >= 0.3 is 0 Å². The second-order valence-corrected chi connectivity index (χ2v) is 10.3. The summed E-state index contributed by atoms with van der Waals surface area (Å²) in [6.45, 7) is 12.2. The van der Waals surface area contributed by atoms with E-state index in [2.05, 4.69) is 56.4 Å². The minimum Gasteiger partial charge on any atom is -0.458 e. The van der Waals surface area contributed by atoms with Crippen molar-refractivity contribution in [1.82, 2.24) is 10.5 Å². The Kier molecular flexibility index (Phi) is 7.65. The minimum absolute atomic E-state index is 0.0115.